The average Bonchev–Trinajstić information content (AvgIpc) is 2.97. The van der Waals surface area contributed by atoms with Crippen LogP contribution >= 0.6 is 19.2 Å². The van der Waals surface area contributed by atoms with Gasteiger partial charge in [-0.05, 0) is 72.9 Å². The number of likely N-dealkylation sites (tertiary alicyclic amines) is 1. The van der Waals surface area contributed by atoms with E-state index in [1.54, 1.807) is 0 Å². The van der Waals surface area contributed by atoms with Crippen molar-refractivity contribution in [2.24, 2.45) is 0 Å². The van der Waals surface area contributed by atoms with Gasteiger partial charge in [-0.25, -0.2) is 4.57 Å². The van der Waals surface area contributed by atoms with Crippen LogP contribution in [0.2, 0.25) is 0 Å². The van der Waals surface area contributed by atoms with Crippen LogP contribution < -0.4 is 5.32 Å². The predicted octanol–water partition coefficient (Wildman–Crippen LogP) is 2.74. The third-order valence-corrected chi connectivity index (χ3v) is 5.29. The number of anilines is 1. The number of nitrogens with one attached hydrogen (secondary N) is 1. The number of carbonyl (C=O) groups is 1. The van der Waals surface area contributed by atoms with E-state index in [9.17, 15) is 4.79 Å². The summed E-state index contributed by atoms with van der Waals surface area (Å²) in [5, 5.41) is 6.38. The van der Waals surface area contributed by atoms with Crippen LogP contribution in [0.3, 0.4) is 0 Å². The van der Waals surface area contributed by atoms with Gasteiger partial charge in [0.1, 0.15) is 0 Å². The maximum Gasteiger partial charge on any atom is 0.466 e. The summed E-state index contributed by atoms with van der Waals surface area (Å²) in [6.07, 6.45) is 3.23. The van der Waals surface area contributed by atoms with Gasteiger partial charge in [0.25, 0.3) is 0 Å². The van der Waals surface area contributed by atoms with Crippen LogP contribution in [-0.2, 0) is 9.36 Å². The summed E-state index contributed by atoms with van der Waals surface area (Å²) in [5.41, 5.74) is 2.36. The van der Waals surface area contributed by atoms with E-state index in [2.05, 4.69) is 34.7 Å². The van der Waals surface area contributed by atoms with Gasteiger partial charge in [0.2, 0.25) is 6.41 Å². The molecule has 3 rings (SSSR count). The Morgan fingerprint density at radius 2 is 1.96 bits per heavy atom. The second-order valence-electron chi connectivity index (χ2n) is 5.89. The van der Waals surface area contributed by atoms with E-state index < -0.39 is 7.82 Å². The maximum atomic E-state index is 10.6. The zero-order valence-electron chi connectivity index (χ0n) is 14.0. The van der Waals surface area contributed by atoms with Crippen LogP contribution in [0.5, 0.6) is 0 Å². The van der Waals surface area contributed by atoms with E-state index in [0.29, 0.717) is 5.92 Å². The van der Waals surface area contributed by atoms with Crippen molar-refractivity contribution in [2.75, 3.05) is 25.0 Å². The molecular weight excluding hydrogens is 363 g/mol. The van der Waals surface area contributed by atoms with Crippen molar-refractivity contribution in [1.82, 2.24) is 4.90 Å². The third kappa shape index (κ3) is 6.18. The summed E-state index contributed by atoms with van der Waals surface area (Å²) in [7, 11) is -4.64. The molecule has 1 aromatic heterocycles. The Balaban J connectivity index is 0.000000399. The SMILES string of the molecule is CCN1CCC(c2csc3ccc(NC=O)cc23)CC1.O=P(O)(O)O. The Labute approximate surface area is 150 Å². The van der Waals surface area contributed by atoms with Crippen molar-refractivity contribution >= 4 is 41.3 Å². The first kappa shape index (κ1) is 20.0. The summed E-state index contributed by atoms with van der Waals surface area (Å²) < 4.78 is 10.2. The topological polar surface area (TPSA) is 110 Å². The van der Waals surface area contributed by atoms with Crippen molar-refractivity contribution in [1.29, 1.82) is 0 Å². The molecule has 0 aliphatic carbocycles. The molecule has 0 unspecified atom stereocenters. The number of nitrogens with zero attached hydrogens (tertiary/aromatic N) is 1. The summed E-state index contributed by atoms with van der Waals surface area (Å²) in [6.45, 7) is 5.79. The summed E-state index contributed by atoms with van der Waals surface area (Å²) in [6, 6.07) is 6.19. The molecule has 0 atom stereocenters. The van der Waals surface area contributed by atoms with Gasteiger partial charge in [-0.2, -0.15) is 0 Å². The van der Waals surface area contributed by atoms with E-state index in [0.717, 1.165) is 18.6 Å². The van der Waals surface area contributed by atoms with Crippen LogP contribution in [0, 0.1) is 0 Å². The lowest BCUT2D eigenvalue weighted by Crippen LogP contribution is -2.32. The molecule has 0 bridgehead atoms. The molecule has 1 saturated heterocycles. The molecule has 1 aliphatic heterocycles. The van der Waals surface area contributed by atoms with Crippen molar-refractivity contribution in [3.05, 3.63) is 29.1 Å². The number of thiophene rings is 1. The minimum atomic E-state index is -4.64. The number of rotatable bonds is 4. The molecule has 0 spiro atoms. The summed E-state index contributed by atoms with van der Waals surface area (Å²) >= 11 is 1.81. The first-order valence-electron chi connectivity index (χ1n) is 8.03. The van der Waals surface area contributed by atoms with Crippen molar-refractivity contribution in [3.63, 3.8) is 0 Å². The Morgan fingerprint density at radius 3 is 2.52 bits per heavy atom. The number of benzene rings is 1. The quantitative estimate of drug-likeness (QED) is 0.475. The van der Waals surface area contributed by atoms with Gasteiger partial charge in [0.15, 0.2) is 0 Å². The van der Waals surface area contributed by atoms with Gasteiger partial charge in [-0.15, -0.1) is 11.3 Å². The first-order chi connectivity index (χ1) is 11.8. The van der Waals surface area contributed by atoms with Gasteiger partial charge >= 0.3 is 7.82 Å². The van der Waals surface area contributed by atoms with Crippen LogP contribution in [-0.4, -0.2) is 45.6 Å². The number of carbonyl (C=O) groups excluding carboxylic acids is 1. The lowest BCUT2D eigenvalue weighted by Gasteiger charge is -2.31. The second-order valence-corrected chi connectivity index (χ2v) is 7.82. The summed E-state index contributed by atoms with van der Waals surface area (Å²) in [4.78, 5) is 34.7. The van der Waals surface area contributed by atoms with Crippen LogP contribution in [0.25, 0.3) is 10.1 Å². The fraction of sp³-hybridized carbons (Fsp3) is 0.438. The molecular formula is C16H23N2O5PS. The third-order valence-electron chi connectivity index (χ3n) is 4.30. The number of phosphoric acid groups is 1. The van der Waals surface area contributed by atoms with Gasteiger partial charge in [-0.1, -0.05) is 6.92 Å². The van der Waals surface area contributed by atoms with Crippen LogP contribution in [0.4, 0.5) is 5.69 Å². The van der Waals surface area contributed by atoms with E-state index in [1.165, 1.54) is 41.6 Å². The Hall–Kier alpha value is -1.28. The number of amides is 1. The van der Waals surface area contributed by atoms with Gasteiger partial charge in [0.05, 0.1) is 0 Å². The largest absolute Gasteiger partial charge is 0.466 e. The molecule has 0 saturated carbocycles. The van der Waals surface area contributed by atoms with Gasteiger partial charge in [-0.3, -0.25) is 4.79 Å². The molecule has 1 amide bonds. The standard InChI is InChI=1S/C16H20N2OS.H3O4P/c1-2-18-7-5-12(6-8-18)15-10-20-16-4-3-13(17-11-19)9-14(15)16;1-5(2,3)4/h3-4,9-12H,2,5-8H2,1H3,(H,17,19);(H3,1,2,3,4). The van der Waals surface area contributed by atoms with Crippen molar-refractivity contribution in [3.8, 4) is 0 Å². The smallest absolute Gasteiger partial charge is 0.329 e. The van der Waals surface area contributed by atoms with Gasteiger partial charge < -0.3 is 24.9 Å². The van der Waals surface area contributed by atoms with Crippen LogP contribution in [0.15, 0.2) is 23.6 Å². The molecule has 2 heterocycles. The molecule has 4 N–H and O–H groups in total. The molecule has 2 aromatic rings. The molecule has 1 fully saturated rings. The fourth-order valence-electron chi connectivity index (χ4n) is 3.08. The normalized spacial score (nSPS) is 16.3. The van der Waals surface area contributed by atoms with E-state index in [4.69, 9.17) is 19.2 Å². The molecule has 0 radical (unpaired) electrons. The number of hydrogen-bond donors (Lipinski definition) is 4. The molecule has 9 heteroatoms. The van der Waals surface area contributed by atoms with Crippen molar-refractivity contribution in [2.45, 2.75) is 25.7 Å². The van der Waals surface area contributed by atoms with E-state index in [-0.39, 0.29) is 0 Å². The molecule has 7 nitrogen and oxygen atoms in total. The minimum absolute atomic E-state index is 0.665. The zero-order valence-corrected chi connectivity index (χ0v) is 15.7. The Bertz CT molecular complexity index is 744. The molecule has 1 aliphatic rings. The lowest BCUT2D eigenvalue weighted by atomic mass is 9.89. The average molecular weight is 386 g/mol. The monoisotopic (exact) mass is 386 g/mol. The number of hydrogen-bond acceptors (Lipinski definition) is 4. The predicted molar refractivity (Wildman–Crippen MR) is 99.9 cm³/mol. The highest BCUT2D eigenvalue weighted by molar-refractivity contribution is 7.45. The first-order valence-corrected chi connectivity index (χ1v) is 10.5. The van der Waals surface area contributed by atoms with Crippen LogP contribution in [0.1, 0.15) is 31.2 Å². The lowest BCUT2D eigenvalue weighted by molar-refractivity contribution is -0.105. The fourth-order valence-corrected chi connectivity index (χ4v) is 4.11. The molecule has 138 valence electrons. The molecule has 25 heavy (non-hydrogen) atoms. The molecule has 1 aromatic carbocycles. The zero-order chi connectivity index (χ0) is 18.4. The highest BCUT2D eigenvalue weighted by Gasteiger charge is 2.22. The number of fused-ring (bicyclic) bond motifs is 1. The highest BCUT2D eigenvalue weighted by atomic mass is 32.1. The van der Waals surface area contributed by atoms with E-state index >= 15 is 0 Å². The minimum Gasteiger partial charge on any atom is -0.329 e. The highest BCUT2D eigenvalue weighted by Crippen LogP contribution is 2.37. The second kappa shape index (κ2) is 8.89. The Morgan fingerprint density at radius 1 is 1.32 bits per heavy atom. The van der Waals surface area contributed by atoms with E-state index in [1.807, 2.05) is 17.4 Å². The number of piperidine rings is 1. The van der Waals surface area contributed by atoms with Gasteiger partial charge in [0, 0.05) is 10.4 Å². The summed E-state index contributed by atoms with van der Waals surface area (Å²) in [5.74, 6) is 0.665. The Kier molecular flexibility index (Phi) is 7.13. The van der Waals surface area contributed by atoms with Crippen molar-refractivity contribution < 1.29 is 24.0 Å². The maximum absolute atomic E-state index is 10.6.